The van der Waals surface area contributed by atoms with Crippen molar-refractivity contribution in [3.63, 3.8) is 0 Å². The van der Waals surface area contributed by atoms with E-state index in [1.807, 2.05) is 0 Å². The maximum absolute atomic E-state index is 12.2. The van der Waals surface area contributed by atoms with E-state index in [0.29, 0.717) is 22.8 Å². The van der Waals surface area contributed by atoms with Crippen molar-refractivity contribution < 1.29 is 14.3 Å². The summed E-state index contributed by atoms with van der Waals surface area (Å²) in [7, 11) is 0. The second-order valence-electron chi connectivity index (χ2n) is 3.90. The highest BCUT2D eigenvalue weighted by Crippen LogP contribution is 2.11. The van der Waals surface area contributed by atoms with E-state index in [0.717, 1.165) is 0 Å². The van der Waals surface area contributed by atoms with Crippen molar-refractivity contribution in [3.8, 4) is 11.8 Å². The van der Waals surface area contributed by atoms with Gasteiger partial charge in [-0.15, -0.1) is 0 Å². The number of H-pyrrole nitrogens is 1. The molecule has 2 aromatic rings. The fourth-order valence-corrected chi connectivity index (χ4v) is 1.77. The van der Waals surface area contributed by atoms with Gasteiger partial charge in [-0.1, -0.05) is 5.92 Å². The lowest BCUT2D eigenvalue weighted by Crippen LogP contribution is -2.18. The van der Waals surface area contributed by atoms with Crippen LogP contribution in [0.1, 0.15) is 22.8 Å². The number of benzene rings is 1. The molecule has 0 saturated heterocycles. The number of aromatic amines is 1. The highest BCUT2D eigenvalue weighted by Gasteiger charge is 2.13. The Balaban J connectivity index is 2.61. The fourth-order valence-electron chi connectivity index (χ4n) is 1.77. The Hall–Kier alpha value is -2.87. The first-order chi connectivity index (χ1) is 9.67. The van der Waals surface area contributed by atoms with Crippen LogP contribution in [0.2, 0.25) is 0 Å². The van der Waals surface area contributed by atoms with E-state index in [2.05, 4.69) is 16.8 Å². The minimum atomic E-state index is -0.667. The molecule has 1 heterocycles. The van der Waals surface area contributed by atoms with Crippen molar-refractivity contribution >= 4 is 23.2 Å². The highest BCUT2D eigenvalue weighted by molar-refractivity contribution is 5.93. The van der Waals surface area contributed by atoms with Crippen molar-refractivity contribution in [2.45, 2.75) is 6.92 Å². The molecule has 5 nitrogen and oxygen atoms in total. The number of hydrogen-bond acceptors (Lipinski definition) is 4. The third kappa shape index (κ3) is 2.59. The average molecular weight is 269 g/mol. The van der Waals surface area contributed by atoms with Gasteiger partial charge in [-0.05, 0) is 31.0 Å². The van der Waals surface area contributed by atoms with Crippen LogP contribution in [0.15, 0.2) is 29.2 Å². The van der Waals surface area contributed by atoms with Crippen molar-refractivity contribution in [2.75, 3.05) is 6.61 Å². The van der Waals surface area contributed by atoms with E-state index in [1.165, 1.54) is 12.3 Å². The van der Waals surface area contributed by atoms with Crippen molar-refractivity contribution in [1.29, 1.82) is 0 Å². The Morgan fingerprint density at radius 1 is 1.45 bits per heavy atom. The molecular formula is C15H11NO4. The zero-order chi connectivity index (χ0) is 14.5. The zero-order valence-corrected chi connectivity index (χ0v) is 10.7. The van der Waals surface area contributed by atoms with Crippen LogP contribution in [0.3, 0.4) is 0 Å². The fraction of sp³-hybridized carbons (Fsp3) is 0.133. The predicted molar refractivity (Wildman–Crippen MR) is 73.5 cm³/mol. The molecule has 0 atom stereocenters. The van der Waals surface area contributed by atoms with Gasteiger partial charge in [-0.25, -0.2) is 4.79 Å². The Labute approximate surface area is 114 Å². The Morgan fingerprint density at radius 2 is 2.25 bits per heavy atom. The summed E-state index contributed by atoms with van der Waals surface area (Å²) in [5.41, 5.74) is 0.627. The van der Waals surface area contributed by atoms with Crippen LogP contribution in [-0.4, -0.2) is 23.8 Å². The number of carbonyl (C=O) groups excluding carboxylic acids is 2. The maximum atomic E-state index is 12.2. The summed E-state index contributed by atoms with van der Waals surface area (Å²) >= 11 is 0. The topological polar surface area (TPSA) is 76.2 Å². The lowest BCUT2D eigenvalue weighted by Gasteiger charge is -2.03. The van der Waals surface area contributed by atoms with Gasteiger partial charge >= 0.3 is 5.97 Å². The summed E-state index contributed by atoms with van der Waals surface area (Å²) in [4.78, 5) is 37.0. The molecule has 0 saturated carbocycles. The molecule has 5 heteroatoms. The number of hydrogen-bond donors (Lipinski definition) is 1. The number of carbonyl (C=O) groups is 2. The van der Waals surface area contributed by atoms with Gasteiger partial charge in [0.2, 0.25) is 5.43 Å². The van der Waals surface area contributed by atoms with Crippen LogP contribution in [0.25, 0.3) is 10.9 Å². The number of pyridine rings is 1. The first-order valence-electron chi connectivity index (χ1n) is 5.95. The molecule has 0 fully saturated rings. The minimum Gasteiger partial charge on any atom is -0.462 e. The smallest absolute Gasteiger partial charge is 0.343 e. The zero-order valence-electron chi connectivity index (χ0n) is 10.7. The summed E-state index contributed by atoms with van der Waals surface area (Å²) in [6, 6.07) is 4.88. The summed E-state index contributed by atoms with van der Waals surface area (Å²) in [6.45, 7) is 1.86. The van der Waals surface area contributed by atoms with Crippen molar-refractivity contribution in [3.05, 3.63) is 45.7 Å². The van der Waals surface area contributed by atoms with Gasteiger partial charge in [0.15, 0.2) is 6.29 Å². The SMILES string of the molecule is CCOC(=O)c1c[nH]c2ccc(C#CC=O)cc2c1=O. The summed E-state index contributed by atoms with van der Waals surface area (Å²) in [5, 5.41) is 0.327. The van der Waals surface area contributed by atoms with Gasteiger partial charge in [0.05, 0.1) is 6.61 Å². The third-order valence-corrected chi connectivity index (χ3v) is 2.65. The Bertz CT molecular complexity index is 793. The molecule has 0 unspecified atom stereocenters. The van der Waals surface area contributed by atoms with Crippen molar-refractivity contribution in [2.24, 2.45) is 0 Å². The molecule has 100 valence electrons. The predicted octanol–water partition coefficient (Wildman–Crippen LogP) is 1.26. The van der Waals surface area contributed by atoms with Gasteiger partial charge in [-0.3, -0.25) is 9.59 Å². The lowest BCUT2D eigenvalue weighted by atomic mass is 10.1. The molecule has 1 aromatic carbocycles. The van der Waals surface area contributed by atoms with Gasteiger partial charge in [-0.2, -0.15) is 0 Å². The number of rotatable bonds is 2. The van der Waals surface area contributed by atoms with E-state index in [4.69, 9.17) is 4.74 Å². The van der Waals surface area contributed by atoms with Crippen LogP contribution < -0.4 is 5.43 Å². The summed E-state index contributed by atoms with van der Waals surface area (Å²) in [6.07, 6.45) is 1.81. The normalized spacial score (nSPS) is 9.65. The van der Waals surface area contributed by atoms with Gasteiger partial charge in [0.1, 0.15) is 5.56 Å². The first kappa shape index (κ1) is 13.6. The number of esters is 1. The molecule has 0 amide bonds. The van der Waals surface area contributed by atoms with Crippen LogP contribution in [0, 0.1) is 11.8 Å². The standard InChI is InChI=1S/C15H11NO4/c1-2-20-15(19)12-9-16-13-6-5-10(4-3-7-17)8-11(13)14(12)18/h5-9H,2H2,1H3,(H,16,18). The largest absolute Gasteiger partial charge is 0.462 e. The van der Waals surface area contributed by atoms with Gasteiger partial charge in [0.25, 0.3) is 0 Å². The lowest BCUT2D eigenvalue weighted by molar-refractivity contribution is -0.103. The molecule has 1 aromatic heterocycles. The first-order valence-corrected chi connectivity index (χ1v) is 5.95. The maximum Gasteiger partial charge on any atom is 0.343 e. The second kappa shape index (κ2) is 5.85. The molecular weight excluding hydrogens is 258 g/mol. The van der Waals surface area contributed by atoms with E-state index < -0.39 is 11.4 Å². The average Bonchev–Trinajstić information content (AvgIpc) is 2.46. The summed E-state index contributed by atoms with van der Waals surface area (Å²) in [5.74, 6) is 4.21. The van der Waals surface area contributed by atoms with E-state index in [-0.39, 0.29) is 12.2 Å². The van der Waals surface area contributed by atoms with Crippen LogP contribution in [-0.2, 0) is 9.53 Å². The molecule has 20 heavy (non-hydrogen) atoms. The number of ether oxygens (including phenoxy) is 1. The molecule has 1 N–H and O–H groups in total. The number of aldehydes is 1. The number of nitrogens with one attached hydrogen (secondary N) is 1. The molecule has 0 aliphatic heterocycles. The number of fused-ring (bicyclic) bond motifs is 1. The van der Waals surface area contributed by atoms with E-state index in [9.17, 15) is 14.4 Å². The van der Waals surface area contributed by atoms with E-state index in [1.54, 1.807) is 19.1 Å². The van der Waals surface area contributed by atoms with Crippen LogP contribution in [0.5, 0.6) is 0 Å². The minimum absolute atomic E-state index is 0.0557. The molecule has 0 radical (unpaired) electrons. The molecule has 0 spiro atoms. The van der Waals surface area contributed by atoms with Gasteiger partial charge in [0, 0.05) is 22.7 Å². The molecule has 0 aliphatic rings. The van der Waals surface area contributed by atoms with Crippen LogP contribution >= 0.6 is 0 Å². The Morgan fingerprint density at radius 3 is 2.95 bits per heavy atom. The summed E-state index contributed by atoms with van der Waals surface area (Å²) < 4.78 is 4.82. The third-order valence-electron chi connectivity index (χ3n) is 2.65. The molecule has 0 aliphatic carbocycles. The number of aromatic nitrogens is 1. The highest BCUT2D eigenvalue weighted by atomic mass is 16.5. The van der Waals surface area contributed by atoms with E-state index >= 15 is 0 Å². The molecule has 0 bridgehead atoms. The quantitative estimate of drug-likeness (QED) is 0.506. The van der Waals surface area contributed by atoms with Crippen LogP contribution in [0.4, 0.5) is 0 Å². The van der Waals surface area contributed by atoms with Crippen molar-refractivity contribution in [1.82, 2.24) is 4.98 Å². The molecule has 2 rings (SSSR count). The Kier molecular flexibility index (Phi) is 3.96. The van der Waals surface area contributed by atoms with Gasteiger partial charge < -0.3 is 9.72 Å². The monoisotopic (exact) mass is 269 g/mol. The second-order valence-corrected chi connectivity index (χ2v) is 3.90.